The minimum atomic E-state index is 0.331. The summed E-state index contributed by atoms with van der Waals surface area (Å²) in [6.07, 6.45) is 12.4. The Morgan fingerprint density at radius 3 is 1.95 bits per heavy atom. The van der Waals surface area contributed by atoms with Gasteiger partial charge in [-0.15, -0.1) is 22.7 Å². The summed E-state index contributed by atoms with van der Waals surface area (Å²) < 4.78 is 2.57. The maximum absolute atomic E-state index is 9.07. The largest absolute Gasteiger partial charge is 0.378 e. The quantitative estimate of drug-likeness (QED) is 0.216. The van der Waals surface area contributed by atoms with Gasteiger partial charge in [0.05, 0.1) is 6.07 Å². The third-order valence-electron chi connectivity index (χ3n) is 6.95. The van der Waals surface area contributed by atoms with E-state index >= 15 is 0 Å². The molecule has 0 bridgehead atoms. The molecular weight excluding hydrogens is 515 g/mol. The smallest absolute Gasteiger partial charge is 0.0944 e. The second kappa shape index (κ2) is 11.5. The molecule has 4 aromatic rings. The Morgan fingerprint density at radius 1 is 0.872 bits per heavy atom. The highest BCUT2D eigenvalue weighted by molar-refractivity contribution is 7.28. The number of nitriles is 1. The molecule has 0 saturated carbocycles. The standard InChI is InChI=1S/C34H33N3S2/c1-23(22-35)18-30-20-33-34(38-30)21-32(39-33)27-8-6-24(7-9-27)19-31(25-10-14-28(15-11-25)36(2)3)26-12-16-29(17-13-26)37(4)5/h6,8-21,24H,7H2,1-5H3/b23-18-. The van der Waals surface area contributed by atoms with Gasteiger partial charge in [-0.2, -0.15) is 5.26 Å². The first-order valence-corrected chi connectivity index (χ1v) is 14.7. The van der Waals surface area contributed by atoms with E-state index in [4.69, 9.17) is 5.26 Å². The molecule has 5 rings (SSSR count). The fraction of sp³-hybridized carbons (Fsp3) is 0.206. The summed E-state index contributed by atoms with van der Waals surface area (Å²) in [4.78, 5) is 6.72. The Bertz CT molecular complexity index is 1550. The molecular formula is C34H33N3S2. The highest BCUT2D eigenvalue weighted by Gasteiger charge is 2.15. The van der Waals surface area contributed by atoms with E-state index in [1.54, 1.807) is 11.3 Å². The van der Waals surface area contributed by atoms with Crippen molar-refractivity contribution >= 4 is 60.7 Å². The van der Waals surface area contributed by atoms with Crippen molar-refractivity contribution in [2.45, 2.75) is 13.3 Å². The Kier molecular flexibility index (Phi) is 7.88. The van der Waals surface area contributed by atoms with Crippen molar-refractivity contribution < 1.29 is 0 Å². The first-order chi connectivity index (χ1) is 18.8. The first-order valence-electron chi connectivity index (χ1n) is 13.1. The molecule has 0 saturated heterocycles. The number of anilines is 2. The summed E-state index contributed by atoms with van der Waals surface area (Å²) in [6.45, 7) is 1.85. The lowest BCUT2D eigenvalue weighted by atomic mass is 9.89. The molecule has 2 aromatic heterocycles. The van der Waals surface area contributed by atoms with Crippen LogP contribution < -0.4 is 9.80 Å². The second-order valence-electron chi connectivity index (χ2n) is 10.3. The maximum Gasteiger partial charge on any atom is 0.0944 e. The third kappa shape index (κ3) is 6.09. The molecule has 0 radical (unpaired) electrons. The van der Waals surface area contributed by atoms with Crippen LogP contribution in [-0.4, -0.2) is 28.2 Å². The van der Waals surface area contributed by atoms with Crippen molar-refractivity contribution in [2.24, 2.45) is 5.92 Å². The van der Waals surface area contributed by atoms with Crippen molar-refractivity contribution in [1.29, 1.82) is 5.26 Å². The lowest BCUT2D eigenvalue weighted by Gasteiger charge is -2.18. The molecule has 196 valence electrons. The third-order valence-corrected chi connectivity index (χ3v) is 9.24. The van der Waals surface area contributed by atoms with Gasteiger partial charge in [0.2, 0.25) is 0 Å². The van der Waals surface area contributed by atoms with E-state index in [-0.39, 0.29) is 0 Å². The average Bonchev–Trinajstić information content (AvgIpc) is 3.51. The van der Waals surface area contributed by atoms with Crippen molar-refractivity contribution in [3.63, 3.8) is 0 Å². The number of thiophene rings is 2. The fourth-order valence-corrected chi connectivity index (χ4v) is 7.14. The molecule has 1 atom stereocenters. The van der Waals surface area contributed by atoms with E-state index in [1.165, 1.54) is 47.9 Å². The van der Waals surface area contributed by atoms with Gasteiger partial charge in [0.15, 0.2) is 0 Å². The number of hydrogen-bond acceptors (Lipinski definition) is 5. The number of allylic oxidation sites excluding steroid dienone is 6. The van der Waals surface area contributed by atoms with Crippen LogP contribution in [0.25, 0.3) is 26.6 Å². The van der Waals surface area contributed by atoms with E-state index in [1.807, 2.05) is 24.3 Å². The molecule has 0 amide bonds. The van der Waals surface area contributed by atoms with Crippen molar-refractivity contribution in [3.8, 4) is 6.07 Å². The van der Waals surface area contributed by atoms with Gasteiger partial charge in [-0.1, -0.05) is 48.6 Å². The monoisotopic (exact) mass is 547 g/mol. The molecule has 1 unspecified atom stereocenters. The highest BCUT2D eigenvalue weighted by Crippen LogP contribution is 2.39. The summed E-state index contributed by atoms with van der Waals surface area (Å²) in [6, 6.07) is 24.4. The molecule has 0 aliphatic heterocycles. The fourth-order valence-electron chi connectivity index (χ4n) is 4.71. The zero-order valence-electron chi connectivity index (χ0n) is 23.1. The molecule has 39 heavy (non-hydrogen) atoms. The molecule has 0 spiro atoms. The summed E-state index contributed by atoms with van der Waals surface area (Å²) in [5, 5.41) is 9.07. The summed E-state index contributed by atoms with van der Waals surface area (Å²) in [5.74, 6) is 0.331. The number of rotatable bonds is 7. The number of fused-ring (bicyclic) bond motifs is 1. The molecule has 0 N–H and O–H groups in total. The molecule has 2 heterocycles. The zero-order chi connectivity index (χ0) is 27.5. The predicted molar refractivity (Wildman–Crippen MR) is 173 cm³/mol. The molecule has 2 aromatic carbocycles. The molecule has 3 nitrogen and oxygen atoms in total. The van der Waals surface area contributed by atoms with Gasteiger partial charge in [-0.25, -0.2) is 0 Å². The van der Waals surface area contributed by atoms with E-state index in [9.17, 15) is 0 Å². The van der Waals surface area contributed by atoms with Crippen LogP contribution >= 0.6 is 22.7 Å². The van der Waals surface area contributed by atoms with E-state index < -0.39 is 0 Å². The zero-order valence-corrected chi connectivity index (χ0v) is 24.7. The van der Waals surface area contributed by atoms with Gasteiger partial charge in [0.25, 0.3) is 0 Å². The van der Waals surface area contributed by atoms with Crippen molar-refractivity contribution in [3.05, 3.63) is 111 Å². The van der Waals surface area contributed by atoms with Crippen LogP contribution in [0.2, 0.25) is 0 Å². The van der Waals surface area contributed by atoms with Gasteiger partial charge in [0.1, 0.15) is 0 Å². The van der Waals surface area contributed by atoms with Gasteiger partial charge >= 0.3 is 0 Å². The van der Waals surface area contributed by atoms with Gasteiger partial charge in [-0.3, -0.25) is 0 Å². The first kappa shape index (κ1) is 26.7. The van der Waals surface area contributed by atoms with Crippen molar-refractivity contribution in [1.82, 2.24) is 0 Å². The van der Waals surface area contributed by atoms with E-state index in [0.29, 0.717) is 5.92 Å². The van der Waals surface area contributed by atoms with Gasteiger partial charge in [-0.05, 0) is 84.0 Å². The van der Waals surface area contributed by atoms with E-state index in [2.05, 4.69) is 129 Å². The number of hydrogen-bond donors (Lipinski definition) is 0. The summed E-state index contributed by atoms with van der Waals surface area (Å²) >= 11 is 3.58. The summed E-state index contributed by atoms with van der Waals surface area (Å²) in [7, 11) is 8.30. The van der Waals surface area contributed by atoms with Gasteiger partial charge < -0.3 is 9.80 Å². The molecule has 1 aliphatic carbocycles. The van der Waals surface area contributed by atoms with Crippen LogP contribution in [0.1, 0.15) is 34.2 Å². The average molecular weight is 548 g/mol. The van der Waals surface area contributed by atoms with Crippen LogP contribution in [0.15, 0.2) is 90.5 Å². The molecule has 1 aliphatic rings. The second-order valence-corrected chi connectivity index (χ2v) is 12.5. The van der Waals surface area contributed by atoms with Crippen LogP contribution in [0.3, 0.4) is 0 Å². The predicted octanol–water partition coefficient (Wildman–Crippen LogP) is 9.11. The lowest BCUT2D eigenvalue weighted by molar-refractivity contribution is 0.827. The van der Waals surface area contributed by atoms with Crippen LogP contribution in [0.5, 0.6) is 0 Å². The summed E-state index contributed by atoms with van der Waals surface area (Å²) in [5.41, 5.74) is 8.17. The highest BCUT2D eigenvalue weighted by atomic mass is 32.1. The maximum atomic E-state index is 9.07. The Balaban J connectivity index is 1.40. The minimum Gasteiger partial charge on any atom is -0.378 e. The van der Waals surface area contributed by atoms with Crippen LogP contribution in [0, 0.1) is 17.2 Å². The molecule has 5 heteroatoms. The Labute approximate surface area is 239 Å². The lowest BCUT2D eigenvalue weighted by Crippen LogP contribution is -2.08. The molecule has 0 fully saturated rings. The number of nitrogens with zero attached hydrogens (tertiary/aromatic N) is 3. The van der Waals surface area contributed by atoms with Crippen LogP contribution in [-0.2, 0) is 0 Å². The topological polar surface area (TPSA) is 30.3 Å². The Morgan fingerprint density at radius 2 is 1.46 bits per heavy atom. The normalized spacial score (nSPS) is 15.1. The SMILES string of the molecule is C/C(C#N)=C/c1cc2sc(C3=CCC(C=C(c4ccc(N(C)C)cc4)c4ccc(N(C)C)cc4)C=C3)cc2s1. The van der Waals surface area contributed by atoms with Crippen molar-refractivity contribution in [2.75, 3.05) is 38.0 Å². The minimum absolute atomic E-state index is 0.331. The Hall–Kier alpha value is -3.85. The van der Waals surface area contributed by atoms with Gasteiger partial charge in [0, 0.05) is 64.3 Å². The number of benzene rings is 2. The van der Waals surface area contributed by atoms with E-state index in [0.717, 1.165) is 16.9 Å². The van der Waals surface area contributed by atoms with Crippen LogP contribution in [0.4, 0.5) is 11.4 Å².